The van der Waals surface area contributed by atoms with Crippen LogP contribution in [0.2, 0.25) is 0 Å². The van der Waals surface area contributed by atoms with Crippen molar-refractivity contribution in [2.45, 2.75) is 19.8 Å². The lowest BCUT2D eigenvalue weighted by molar-refractivity contribution is -0.386. The first-order valence-corrected chi connectivity index (χ1v) is 10.8. The highest BCUT2D eigenvalue weighted by atomic mass is 32.1. The third kappa shape index (κ3) is 5.73. The van der Waals surface area contributed by atoms with Crippen LogP contribution in [0, 0.1) is 10.1 Å². The van der Waals surface area contributed by atoms with E-state index in [0.717, 1.165) is 29.8 Å². The molecule has 0 aliphatic carbocycles. The molecule has 0 fully saturated rings. The molecule has 1 heterocycles. The van der Waals surface area contributed by atoms with Crippen LogP contribution >= 0.6 is 11.3 Å². The number of aromatic nitrogens is 1. The van der Waals surface area contributed by atoms with E-state index in [2.05, 4.69) is 15.5 Å². The van der Waals surface area contributed by atoms with Crippen molar-refractivity contribution in [3.8, 4) is 28.5 Å². The SMILES string of the molecule is CCCCOc1c(OC)cc(/C=N\Nc2nc(-c3ccc(OC)cc3)cs2)cc1[N+](=O)[O-]. The van der Waals surface area contributed by atoms with Crippen molar-refractivity contribution in [2.24, 2.45) is 5.10 Å². The van der Waals surface area contributed by atoms with E-state index >= 15 is 0 Å². The molecule has 0 saturated heterocycles. The number of hydrogen-bond donors (Lipinski definition) is 1. The molecule has 10 heteroatoms. The molecular formula is C22H24N4O5S. The van der Waals surface area contributed by atoms with Gasteiger partial charge in [0, 0.05) is 22.6 Å². The summed E-state index contributed by atoms with van der Waals surface area (Å²) in [6, 6.07) is 10.6. The Kier molecular flexibility index (Phi) is 7.98. The average Bonchev–Trinajstić information content (AvgIpc) is 3.28. The number of nitro groups is 1. The molecule has 3 aromatic rings. The number of benzene rings is 2. The first-order valence-electron chi connectivity index (χ1n) is 9.94. The van der Waals surface area contributed by atoms with E-state index in [1.54, 1.807) is 13.2 Å². The number of rotatable bonds is 11. The van der Waals surface area contributed by atoms with Crippen molar-refractivity contribution in [1.82, 2.24) is 4.98 Å². The number of nitro benzene ring substituents is 1. The third-order valence-electron chi connectivity index (χ3n) is 4.48. The van der Waals surface area contributed by atoms with Crippen LogP contribution in [0.3, 0.4) is 0 Å². The summed E-state index contributed by atoms with van der Waals surface area (Å²) in [5, 5.41) is 18.2. The molecule has 0 saturated carbocycles. The van der Waals surface area contributed by atoms with Crippen LogP contribution in [0.4, 0.5) is 10.8 Å². The maximum absolute atomic E-state index is 11.5. The molecule has 168 valence electrons. The van der Waals surface area contributed by atoms with Gasteiger partial charge in [0.05, 0.1) is 37.7 Å². The summed E-state index contributed by atoms with van der Waals surface area (Å²) in [5.74, 6) is 1.19. The zero-order valence-corrected chi connectivity index (χ0v) is 18.8. The maximum Gasteiger partial charge on any atom is 0.315 e. The van der Waals surface area contributed by atoms with E-state index in [1.165, 1.54) is 30.7 Å². The second kappa shape index (κ2) is 11.1. The van der Waals surface area contributed by atoms with Gasteiger partial charge in [0.2, 0.25) is 10.9 Å². The van der Waals surface area contributed by atoms with Crippen LogP contribution in [-0.4, -0.2) is 36.9 Å². The molecule has 1 aromatic heterocycles. The van der Waals surface area contributed by atoms with Gasteiger partial charge in [-0.1, -0.05) is 13.3 Å². The van der Waals surface area contributed by atoms with Crippen molar-refractivity contribution in [3.05, 3.63) is 57.5 Å². The molecule has 0 amide bonds. The summed E-state index contributed by atoms with van der Waals surface area (Å²) in [4.78, 5) is 15.6. The molecule has 1 N–H and O–H groups in total. The fourth-order valence-electron chi connectivity index (χ4n) is 2.82. The summed E-state index contributed by atoms with van der Waals surface area (Å²) in [7, 11) is 3.07. The van der Waals surface area contributed by atoms with Crippen molar-refractivity contribution in [2.75, 3.05) is 26.3 Å². The molecule has 0 aliphatic heterocycles. The van der Waals surface area contributed by atoms with Crippen LogP contribution in [0.25, 0.3) is 11.3 Å². The summed E-state index contributed by atoms with van der Waals surface area (Å²) in [6.07, 6.45) is 3.18. The highest BCUT2D eigenvalue weighted by Crippen LogP contribution is 2.38. The molecule has 0 atom stereocenters. The second-order valence-electron chi connectivity index (χ2n) is 6.67. The van der Waals surface area contributed by atoms with E-state index in [-0.39, 0.29) is 17.2 Å². The van der Waals surface area contributed by atoms with E-state index in [4.69, 9.17) is 14.2 Å². The lowest BCUT2D eigenvalue weighted by Crippen LogP contribution is -2.03. The molecule has 32 heavy (non-hydrogen) atoms. The monoisotopic (exact) mass is 456 g/mol. The molecule has 9 nitrogen and oxygen atoms in total. The van der Waals surface area contributed by atoms with Gasteiger partial charge in [0.15, 0.2) is 5.75 Å². The van der Waals surface area contributed by atoms with Crippen LogP contribution < -0.4 is 19.6 Å². The van der Waals surface area contributed by atoms with Gasteiger partial charge >= 0.3 is 5.69 Å². The number of hydrogen-bond acceptors (Lipinski definition) is 9. The predicted molar refractivity (Wildman–Crippen MR) is 125 cm³/mol. The fourth-order valence-corrected chi connectivity index (χ4v) is 3.48. The summed E-state index contributed by atoms with van der Waals surface area (Å²) >= 11 is 1.40. The molecule has 2 aromatic carbocycles. The minimum atomic E-state index is -0.490. The Hall–Kier alpha value is -3.66. The minimum Gasteiger partial charge on any atom is -0.497 e. The van der Waals surface area contributed by atoms with Crippen LogP contribution in [-0.2, 0) is 0 Å². The Morgan fingerprint density at radius 1 is 1.22 bits per heavy atom. The van der Waals surface area contributed by atoms with Gasteiger partial charge in [-0.2, -0.15) is 5.10 Å². The number of nitrogens with zero attached hydrogens (tertiary/aromatic N) is 3. The van der Waals surface area contributed by atoms with Crippen molar-refractivity contribution >= 4 is 28.4 Å². The molecular weight excluding hydrogens is 432 g/mol. The highest BCUT2D eigenvalue weighted by Gasteiger charge is 2.22. The second-order valence-corrected chi connectivity index (χ2v) is 7.53. The number of hydrazone groups is 1. The summed E-state index contributed by atoms with van der Waals surface area (Å²) in [5.41, 5.74) is 4.95. The summed E-state index contributed by atoms with van der Waals surface area (Å²) < 4.78 is 16.1. The molecule has 0 aliphatic rings. The van der Waals surface area contributed by atoms with Gasteiger partial charge < -0.3 is 14.2 Å². The van der Waals surface area contributed by atoms with Crippen molar-refractivity contribution in [1.29, 1.82) is 0 Å². The average molecular weight is 457 g/mol. The van der Waals surface area contributed by atoms with Gasteiger partial charge in [0.1, 0.15) is 5.75 Å². The first-order chi connectivity index (χ1) is 15.5. The lowest BCUT2D eigenvalue weighted by Gasteiger charge is -2.11. The van der Waals surface area contributed by atoms with Gasteiger partial charge in [-0.3, -0.25) is 15.5 Å². The number of thiazole rings is 1. The smallest absolute Gasteiger partial charge is 0.315 e. The Bertz CT molecular complexity index is 1080. The molecule has 0 radical (unpaired) electrons. The lowest BCUT2D eigenvalue weighted by atomic mass is 10.2. The summed E-state index contributed by atoms with van der Waals surface area (Å²) in [6.45, 7) is 2.40. The molecule has 0 bridgehead atoms. The number of nitrogens with one attached hydrogen (secondary N) is 1. The Labute approximate surface area is 189 Å². The van der Waals surface area contributed by atoms with Gasteiger partial charge in [0.25, 0.3) is 0 Å². The van der Waals surface area contributed by atoms with Crippen molar-refractivity contribution in [3.63, 3.8) is 0 Å². The molecule has 0 spiro atoms. The van der Waals surface area contributed by atoms with E-state index in [9.17, 15) is 10.1 Å². The first kappa shape index (κ1) is 23.0. The van der Waals surface area contributed by atoms with Crippen molar-refractivity contribution < 1.29 is 19.1 Å². The molecule has 3 rings (SSSR count). The van der Waals surface area contributed by atoms with Crippen LogP contribution in [0.15, 0.2) is 46.9 Å². The van der Waals surface area contributed by atoms with Gasteiger partial charge in [-0.25, -0.2) is 4.98 Å². The van der Waals surface area contributed by atoms with E-state index in [1.807, 2.05) is 36.6 Å². The van der Waals surface area contributed by atoms with Gasteiger partial charge in [-0.15, -0.1) is 11.3 Å². The number of anilines is 1. The normalized spacial score (nSPS) is 10.8. The minimum absolute atomic E-state index is 0.125. The Morgan fingerprint density at radius 3 is 2.66 bits per heavy atom. The van der Waals surface area contributed by atoms with Crippen LogP contribution in [0.1, 0.15) is 25.3 Å². The van der Waals surface area contributed by atoms with E-state index < -0.39 is 4.92 Å². The fraction of sp³-hybridized carbons (Fsp3) is 0.273. The van der Waals surface area contributed by atoms with E-state index in [0.29, 0.717) is 17.3 Å². The Balaban J connectivity index is 1.74. The third-order valence-corrected chi connectivity index (χ3v) is 5.23. The number of methoxy groups -OCH3 is 2. The predicted octanol–water partition coefficient (Wildman–Crippen LogP) is 5.36. The zero-order chi connectivity index (χ0) is 22.9. The zero-order valence-electron chi connectivity index (χ0n) is 18.0. The quantitative estimate of drug-likeness (QED) is 0.179. The topological polar surface area (TPSA) is 108 Å². The standard InChI is InChI=1S/C22H24N4O5S/c1-4-5-10-31-21-19(26(27)28)11-15(12-20(21)30-3)13-23-25-22-24-18(14-32-22)16-6-8-17(29-2)9-7-16/h6-9,11-14H,4-5,10H2,1-3H3,(H,24,25)/b23-13-. The highest BCUT2D eigenvalue weighted by molar-refractivity contribution is 7.14. The Morgan fingerprint density at radius 2 is 2.00 bits per heavy atom. The number of unbranched alkanes of at least 4 members (excludes halogenated alkanes) is 1. The van der Waals surface area contributed by atoms with Crippen LogP contribution in [0.5, 0.6) is 17.2 Å². The molecule has 0 unspecified atom stereocenters. The number of ether oxygens (including phenoxy) is 3. The largest absolute Gasteiger partial charge is 0.497 e. The maximum atomic E-state index is 11.5. The van der Waals surface area contributed by atoms with Gasteiger partial charge in [-0.05, 0) is 36.8 Å².